The van der Waals surface area contributed by atoms with Gasteiger partial charge in [0.25, 0.3) is 0 Å². The van der Waals surface area contributed by atoms with Gasteiger partial charge in [-0.05, 0) is 23.6 Å². The van der Waals surface area contributed by atoms with Gasteiger partial charge in [0.1, 0.15) is 11.5 Å². The van der Waals surface area contributed by atoms with E-state index in [2.05, 4.69) is 19.3 Å². The lowest BCUT2D eigenvalue weighted by Crippen LogP contribution is -2.31. The van der Waals surface area contributed by atoms with Crippen LogP contribution < -0.4 is 20.7 Å². The Bertz CT molecular complexity index is 318. The van der Waals surface area contributed by atoms with E-state index < -0.39 is 0 Å². The number of nitrogens with two attached hydrogens (primary N) is 1. The van der Waals surface area contributed by atoms with Gasteiger partial charge in [-0.1, -0.05) is 13.8 Å². The highest BCUT2D eigenvalue weighted by Gasteiger charge is 2.15. The molecule has 3 N–H and O–H groups in total. The molecule has 0 heterocycles. The smallest absolute Gasteiger partial charge is 0.122 e. The van der Waals surface area contributed by atoms with E-state index in [0.717, 1.165) is 17.1 Å². The van der Waals surface area contributed by atoms with Crippen LogP contribution in [-0.4, -0.2) is 14.2 Å². The van der Waals surface area contributed by atoms with Crippen molar-refractivity contribution in [3.63, 3.8) is 0 Å². The Morgan fingerprint density at radius 2 is 1.56 bits per heavy atom. The van der Waals surface area contributed by atoms with Crippen LogP contribution in [-0.2, 0) is 0 Å². The molecular weight excluding hydrogens is 204 g/mol. The Morgan fingerprint density at radius 1 is 1.06 bits per heavy atom. The monoisotopic (exact) mass is 224 g/mol. The molecule has 1 rings (SSSR count). The third kappa shape index (κ3) is 2.87. The largest absolute Gasteiger partial charge is 0.497 e. The molecule has 1 atom stereocenters. The van der Waals surface area contributed by atoms with Crippen LogP contribution >= 0.6 is 0 Å². The van der Waals surface area contributed by atoms with E-state index in [1.54, 1.807) is 14.2 Å². The molecule has 90 valence electrons. The molecule has 1 unspecified atom stereocenters. The van der Waals surface area contributed by atoms with Crippen molar-refractivity contribution >= 4 is 0 Å². The fraction of sp³-hybridized carbons (Fsp3) is 0.500. The molecule has 0 bridgehead atoms. The fourth-order valence-electron chi connectivity index (χ4n) is 1.68. The lowest BCUT2D eigenvalue weighted by Gasteiger charge is -2.21. The Kier molecular flexibility index (Phi) is 4.58. The van der Waals surface area contributed by atoms with E-state index in [0.29, 0.717) is 5.92 Å². The summed E-state index contributed by atoms with van der Waals surface area (Å²) in [6, 6.07) is 5.86. The summed E-state index contributed by atoms with van der Waals surface area (Å²) in [5.41, 5.74) is 3.87. The zero-order valence-electron chi connectivity index (χ0n) is 10.3. The van der Waals surface area contributed by atoms with Gasteiger partial charge in [0.05, 0.1) is 14.2 Å². The van der Waals surface area contributed by atoms with Crippen LogP contribution in [0.2, 0.25) is 0 Å². The summed E-state index contributed by atoms with van der Waals surface area (Å²) >= 11 is 0. The first-order valence-corrected chi connectivity index (χ1v) is 5.31. The molecule has 1 aromatic rings. The van der Waals surface area contributed by atoms with Crippen LogP contribution in [0.25, 0.3) is 0 Å². The molecule has 0 aliphatic carbocycles. The minimum Gasteiger partial charge on any atom is -0.497 e. The molecule has 0 aliphatic heterocycles. The van der Waals surface area contributed by atoms with Gasteiger partial charge in [0, 0.05) is 12.1 Å². The van der Waals surface area contributed by atoms with Gasteiger partial charge in [0.2, 0.25) is 0 Å². The SMILES string of the molecule is COc1cc(OC)cc(C(NN)C(C)C)c1. The predicted molar refractivity (Wildman–Crippen MR) is 64.4 cm³/mol. The summed E-state index contributed by atoms with van der Waals surface area (Å²) in [6.07, 6.45) is 0. The Hall–Kier alpha value is -1.26. The third-order valence-corrected chi connectivity index (χ3v) is 2.58. The van der Waals surface area contributed by atoms with Crippen LogP contribution in [0.1, 0.15) is 25.5 Å². The van der Waals surface area contributed by atoms with Crippen LogP contribution in [0.5, 0.6) is 11.5 Å². The molecule has 0 amide bonds. The maximum Gasteiger partial charge on any atom is 0.122 e. The van der Waals surface area contributed by atoms with Crippen LogP contribution in [0.15, 0.2) is 18.2 Å². The molecule has 0 saturated carbocycles. The van der Waals surface area contributed by atoms with Gasteiger partial charge >= 0.3 is 0 Å². The van der Waals surface area contributed by atoms with Crippen LogP contribution in [0.4, 0.5) is 0 Å². The molecule has 4 heteroatoms. The lowest BCUT2D eigenvalue weighted by atomic mass is 9.96. The Balaban J connectivity index is 3.10. The molecule has 0 aliphatic rings. The molecule has 16 heavy (non-hydrogen) atoms. The van der Waals surface area contributed by atoms with E-state index >= 15 is 0 Å². The number of hydrogen-bond acceptors (Lipinski definition) is 4. The first kappa shape index (κ1) is 12.8. The molecule has 0 radical (unpaired) electrons. The van der Waals surface area contributed by atoms with Gasteiger partial charge < -0.3 is 9.47 Å². The van der Waals surface area contributed by atoms with Crippen LogP contribution in [0, 0.1) is 5.92 Å². The van der Waals surface area contributed by atoms with E-state index in [1.807, 2.05) is 18.2 Å². The number of methoxy groups -OCH3 is 2. The van der Waals surface area contributed by atoms with Crippen molar-refractivity contribution in [2.45, 2.75) is 19.9 Å². The third-order valence-electron chi connectivity index (χ3n) is 2.58. The zero-order chi connectivity index (χ0) is 12.1. The summed E-state index contributed by atoms with van der Waals surface area (Å²) in [7, 11) is 3.28. The highest BCUT2D eigenvalue weighted by molar-refractivity contribution is 5.39. The first-order chi connectivity index (χ1) is 7.62. The van der Waals surface area contributed by atoms with Crippen molar-refractivity contribution in [3.05, 3.63) is 23.8 Å². The van der Waals surface area contributed by atoms with Crippen molar-refractivity contribution < 1.29 is 9.47 Å². The topological polar surface area (TPSA) is 56.5 Å². The van der Waals surface area contributed by atoms with Crippen molar-refractivity contribution in [3.8, 4) is 11.5 Å². The number of rotatable bonds is 5. The maximum atomic E-state index is 5.56. The van der Waals surface area contributed by atoms with E-state index in [1.165, 1.54) is 0 Å². The van der Waals surface area contributed by atoms with E-state index in [9.17, 15) is 0 Å². The molecule has 0 saturated heterocycles. The lowest BCUT2D eigenvalue weighted by molar-refractivity contribution is 0.383. The van der Waals surface area contributed by atoms with Crippen molar-refractivity contribution in [2.24, 2.45) is 11.8 Å². The average Bonchev–Trinajstić information content (AvgIpc) is 2.29. The predicted octanol–water partition coefficient (Wildman–Crippen LogP) is 1.86. The molecule has 1 aromatic carbocycles. The summed E-state index contributed by atoms with van der Waals surface area (Å²) in [6.45, 7) is 4.22. The van der Waals surface area contributed by atoms with Gasteiger partial charge in [0.15, 0.2) is 0 Å². The van der Waals surface area contributed by atoms with Crippen LogP contribution in [0.3, 0.4) is 0 Å². The normalized spacial score (nSPS) is 12.6. The van der Waals surface area contributed by atoms with E-state index in [-0.39, 0.29) is 6.04 Å². The van der Waals surface area contributed by atoms with Crippen molar-refractivity contribution in [1.82, 2.24) is 5.43 Å². The Labute approximate surface area is 96.7 Å². The number of ether oxygens (including phenoxy) is 2. The van der Waals surface area contributed by atoms with Gasteiger partial charge in [-0.3, -0.25) is 11.3 Å². The summed E-state index contributed by atoms with van der Waals surface area (Å²) in [5, 5.41) is 0. The maximum absolute atomic E-state index is 5.56. The highest BCUT2D eigenvalue weighted by Crippen LogP contribution is 2.29. The molecule has 0 fully saturated rings. The van der Waals surface area contributed by atoms with Gasteiger partial charge in [-0.25, -0.2) is 0 Å². The number of hydrazine groups is 1. The van der Waals surface area contributed by atoms with Crippen molar-refractivity contribution in [2.75, 3.05) is 14.2 Å². The number of nitrogens with one attached hydrogen (secondary N) is 1. The molecule has 0 spiro atoms. The van der Waals surface area contributed by atoms with E-state index in [4.69, 9.17) is 15.3 Å². The molecular formula is C12H20N2O2. The zero-order valence-corrected chi connectivity index (χ0v) is 10.3. The quantitative estimate of drug-likeness (QED) is 0.592. The average molecular weight is 224 g/mol. The second kappa shape index (κ2) is 5.72. The number of hydrogen-bond donors (Lipinski definition) is 2. The minimum atomic E-state index is 0.0870. The standard InChI is InChI=1S/C12H20N2O2/c1-8(2)12(14-13)9-5-10(15-3)7-11(6-9)16-4/h5-8,12,14H,13H2,1-4H3. The van der Waals surface area contributed by atoms with Crippen molar-refractivity contribution in [1.29, 1.82) is 0 Å². The molecule has 0 aromatic heterocycles. The van der Waals surface area contributed by atoms with Gasteiger partial charge in [-0.15, -0.1) is 0 Å². The minimum absolute atomic E-state index is 0.0870. The first-order valence-electron chi connectivity index (χ1n) is 5.31. The second-order valence-corrected chi connectivity index (χ2v) is 4.03. The summed E-state index contributed by atoms with van der Waals surface area (Å²) in [5.74, 6) is 7.49. The summed E-state index contributed by atoms with van der Waals surface area (Å²) in [4.78, 5) is 0. The Morgan fingerprint density at radius 3 is 1.88 bits per heavy atom. The summed E-state index contributed by atoms with van der Waals surface area (Å²) < 4.78 is 10.4. The van der Waals surface area contributed by atoms with Gasteiger partial charge in [-0.2, -0.15) is 0 Å². The second-order valence-electron chi connectivity index (χ2n) is 4.03. The number of benzene rings is 1. The fourth-order valence-corrected chi connectivity index (χ4v) is 1.68. The molecule has 4 nitrogen and oxygen atoms in total. The highest BCUT2D eigenvalue weighted by atomic mass is 16.5.